The van der Waals surface area contributed by atoms with Crippen molar-refractivity contribution in [3.63, 3.8) is 0 Å². The van der Waals surface area contributed by atoms with Crippen molar-refractivity contribution in [2.75, 3.05) is 13.7 Å². The fourth-order valence-corrected chi connectivity index (χ4v) is 2.45. The van der Waals surface area contributed by atoms with Gasteiger partial charge < -0.3 is 14.3 Å². The lowest BCUT2D eigenvalue weighted by Gasteiger charge is -2.12. The Bertz CT molecular complexity index is 660. The number of nitrogens with zero attached hydrogens (tertiary/aromatic N) is 1. The number of aromatic nitrogens is 2. The summed E-state index contributed by atoms with van der Waals surface area (Å²) in [6.07, 6.45) is -4.35. The number of imidazole rings is 1. The van der Waals surface area contributed by atoms with Crippen molar-refractivity contribution in [3.8, 4) is 0 Å². The van der Waals surface area contributed by atoms with E-state index in [1.165, 1.54) is 6.07 Å². The number of hydrogen-bond donors (Lipinski definition) is 1. The first-order chi connectivity index (χ1) is 9.32. The van der Waals surface area contributed by atoms with E-state index in [4.69, 9.17) is 17.0 Å². The van der Waals surface area contributed by atoms with Crippen molar-refractivity contribution in [2.24, 2.45) is 5.92 Å². The van der Waals surface area contributed by atoms with Crippen molar-refractivity contribution in [1.82, 2.24) is 9.55 Å². The Labute approximate surface area is 119 Å². The van der Waals surface area contributed by atoms with Crippen molar-refractivity contribution in [3.05, 3.63) is 28.5 Å². The lowest BCUT2D eigenvalue weighted by atomic mass is 10.1. The van der Waals surface area contributed by atoms with Crippen LogP contribution >= 0.6 is 12.2 Å². The summed E-state index contributed by atoms with van der Waals surface area (Å²) in [6.45, 7) is 3.15. The number of halogens is 3. The van der Waals surface area contributed by atoms with E-state index in [-0.39, 0.29) is 5.92 Å². The first-order valence-electron chi connectivity index (χ1n) is 6.11. The van der Waals surface area contributed by atoms with Crippen LogP contribution in [0.15, 0.2) is 18.2 Å². The summed E-state index contributed by atoms with van der Waals surface area (Å²) >= 11 is 5.18. The summed E-state index contributed by atoms with van der Waals surface area (Å²) in [5.74, 6) is 0.216. The molecule has 7 heteroatoms. The highest BCUT2D eigenvalue weighted by atomic mass is 32.1. The molecule has 0 saturated heterocycles. The quantitative estimate of drug-likeness (QED) is 0.865. The van der Waals surface area contributed by atoms with E-state index in [2.05, 4.69) is 4.98 Å². The third-order valence-corrected chi connectivity index (χ3v) is 3.37. The second-order valence-electron chi connectivity index (χ2n) is 4.83. The van der Waals surface area contributed by atoms with Gasteiger partial charge in [-0.05, 0) is 36.3 Å². The zero-order valence-electron chi connectivity index (χ0n) is 11.1. The minimum Gasteiger partial charge on any atom is -0.384 e. The zero-order chi connectivity index (χ0) is 14.9. The number of alkyl halides is 3. The largest absolute Gasteiger partial charge is 0.416 e. The first kappa shape index (κ1) is 15.1. The maximum absolute atomic E-state index is 12.7. The zero-order valence-corrected chi connectivity index (χ0v) is 11.9. The topological polar surface area (TPSA) is 29.9 Å². The van der Waals surface area contributed by atoms with Gasteiger partial charge in [0.05, 0.1) is 23.2 Å². The molecule has 110 valence electrons. The molecule has 1 heterocycles. The van der Waals surface area contributed by atoms with Crippen LogP contribution in [0.3, 0.4) is 0 Å². The van der Waals surface area contributed by atoms with Crippen LogP contribution in [0.1, 0.15) is 12.5 Å². The van der Waals surface area contributed by atoms with E-state index >= 15 is 0 Å². The van der Waals surface area contributed by atoms with E-state index < -0.39 is 11.7 Å². The number of benzene rings is 1. The maximum atomic E-state index is 12.7. The third kappa shape index (κ3) is 3.04. The Hall–Kier alpha value is -1.34. The SMILES string of the molecule is COCC(C)Cn1c(=S)[nH]c2cc(C(F)(F)F)ccc21. The molecule has 2 aromatic rings. The minimum atomic E-state index is -4.35. The number of methoxy groups -OCH3 is 1. The molecule has 0 aliphatic rings. The van der Waals surface area contributed by atoms with E-state index in [1.807, 2.05) is 6.92 Å². The standard InChI is InChI=1S/C13H15F3N2OS/c1-8(7-19-2)6-18-11-4-3-9(13(14,15)16)5-10(11)17-12(18)20/h3-5,8H,6-7H2,1-2H3,(H,17,20). The summed E-state index contributed by atoms with van der Waals surface area (Å²) in [7, 11) is 1.61. The molecule has 0 radical (unpaired) electrons. The van der Waals surface area contributed by atoms with E-state index in [0.29, 0.717) is 29.0 Å². The Morgan fingerprint density at radius 1 is 1.40 bits per heavy atom. The molecule has 0 bridgehead atoms. The van der Waals surface area contributed by atoms with Crippen LogP contribution in [0.5, 0.6) is 0 Å². The minimum absolute atomic E-state index is 0.216. The summed E-state index contributed by atoms with van der Waals surface area (Å²) in [4.78, 5) is 2.82. The van der Waals surface area contributed by atoms with Crippen molar-refractivity contribution in [1.29, 1.82) is 0 Å². The number of H-pyrrole nitrogens is 1. The second-order valence-corrected chi connectivity index (χ2v) is 5.22. The van der Waals surface area contributed by atoms with E-state index in [1.54, 1.807) is 11.7 Å². The van der Waals surface area contributed by atoms with Gasteiger partial charge in [0.25, 0.3) is 0 Å². The molecule has 0 aliphatic heterocycles. The van der Waals surface area contributed by atoms with Gasteiger partial charge >= 0.3 is 6.18 Å². The lowest BCUT2D eigenvalue weighted by Crippen LogP contribution is -2.12. The predicted molar refractivity (Wildman–Crippen MR) is 73.2 cm³/mol. The van der Waals surface area contributed by atoms with Crippen LogP contribution in [0.25, 0.3) is 11.0 Å². The third-order valence-electron chi connectivity index (χ3n) is 3.05. The first-order valence-corrected chi connectivity index (χ1v) is 6.52. The fourth-order valence-electron chi connectivity index (χ4n) is 2.17. The Morgan fingerprint density at radius 2 is 2.10 bits per heavy atom. The van der Waals surface area contributed by atoms with Gasteiger partial charge in [-0.25, -0.2) is 0 Å². The summed E-state index contributed by atoms with van der Waals surface area (Å²) in [5.41, 5.74) is 0.388. The predicted octanol–water partition coefficient (Wildman–Crippen LogP) is 4.00. The molecular weight excluding hydrogens is 289 g/mol. The van der Waals surface area contributed by atoms with Crippen LogP contribution in [-0.2, 0) is 17.5 Å². The molecule has 0 spiro atoms. The lowest BCUT2D eigenvalue weighted by molar-refractivity contribution is -0.137. The normalized spacial score (nSPS) is 13.8. The Balaban J connectivity index is 2.43. The van der Waals surface area contributed by atoms with Crippen molar-refractivity contribution >= 4 is 23.3 Å². The highest BCUT2D eigenvalue weighted by Crippen LogP contribution is 2.31. The molecule has 1 atom stereocenters. The molecule has 1 aromatic carbocycles. The van der Waals surface area contributed by atoms with Gasteiger partial charge in [0.15, 0.2) is 4.77 Å². The van der Waals surface area contributed by atoms with Gasteiger partial charge in [0.1, 0.15) is 0 Å². The van der Waals surface area contributed by atoms with E-state index in [0.717, 1.165) is 12.1 Å². The monoisotopic (exact) mass is 304 g/mol. The molecule has 1 N–H and O–H groups in total. The van der Waals surface area contributed by atoms with Crippen molar-refractivity contribution in [2.45, 2.75) is 19.6 Å². The van der Waals surface area contributed by atoms with Crippen LogP contribution in [0, 0.1) is 10.7 Å². The molecule has 1 unspecified atom stereocenters. The molecule has 0 aliphatic carbocycles. The van der Waals surface area contributed by atoms with Gasteiger partial charge in [0, 0.05) is 13.7 Å². The number of fused-ring (bicyclic) bond motifs is 1. The van der Waals surface area contributed by atoms with Crippen molar-refractivity contribution < 1.29 is 17.9 Å². The number of rotatable bonds is 4. The highest BCUT2D eigenvalue weighted by molar-refractivity contribution is 7.71. The van der Waals surface area contributed by atoms with Gasteiger partial charge in [-0.2, -0.15) is 13.2 Å². The second kappa shape index (κ2) is 5.57. The molecule has 2 rings (SSSR count). The average Bonchev–Trinajstić information content (AvgIpc) is 2.64. The Kier molecular flexibility index (Phi) is 4.19. The Morgan fingerprint density at radius 3 is 2.70 bits per heavy atom. The number of ether oxygens (including phenoxy) is 1. The maximum Gasteiger partial charge on any atom is 0.416 e. The average molecular weight is 304 g/mol. The van der Waals surface area contributed by atoms with Crippen LogP contribution < -0.4 is 0 Å². The fraction of sp³-hybridized carbons (Fsp3) is 0.462. The smallest absolute Gasteiger partial charge is 0.384 e. The van der Waals surface area contributed by atoms with E-state index in [9.17, 15) is 13.2 Å². The molecular formula is C13H15F3N2OS. The van der Waals surface area contributed by atoms with Gasteiger partial charge in [-0.1, -0.05) is 6.92 Å². The molecule has 0 amide bonds. The summed E-state index contributed by atoms with van der Waals surface area (Å²) in [5, 5.41) is 0. The molecule has 3 nitrogen and oxygen atoms in total. The number of aromatic amines is 1. The summed E-state index contributed by atoms with van der Waals surface area (Å²) in [6, 6.07) is 3.61. The van der Waals surface area contributed by atoms with Gasteiger partial charge in [-0.3, -0.25) is 0 Å². The van der Waals surface area contributed by atoms with Crippen LogP contribution in [0.2, 0.25) is 0 Å². The van der Waals surface area contributed by atoms with Crippen LogP contribution in [0.4, 0.5) is 13.2 Å². The molecule has 0 saturated carbocycles. The molecule has 20 heavy (non-hydrogen) atoms. The van der Waals surface area contributed by atoms with Gasteiger partial charge in [0.2, 0.25) is 0 Å². The molecule has 0 fully saturated rings. The summed E-state index contributed by atoms with van der Waals surface area (Å²) < 4.78 is 45.3. The number of nitrogens with one attached hydrogen (secondary N) is 1. The number of hydrogen-bond acceptors (Lipinski definition) is 2. The molecule has 1 aromatic heterocycles. The van der Waals surface area contributed by atoms with Crippen LogP contribution in [-0.4, -0.2) is 23.3 Å². The highest BCUT2D eigenvalue weighted by Gasteiger charge is 2.30. The van der Waals surface area contributed by atoms with Gasteiger partial charge in [-0.15, -0.1) is 0 Å².